The number of hydrogen-bond acceptors (Lipinski definition) is 6. The highest BCUT2D eigenvalue weighted by Crippen LogP contribution is 2.36. The van der Waals surface area contributed by atoms with E-state index in [1.54, 1.807) is 12.4 Å². The summed E-state index contributed by atoms with van der Waals surface area (Å²) in [4.78, 5) is 6.75. The van der Waals surface area contributed by atoms with Crippen molar-refractivity contribution >= 4 is 27.4 Å². The third-order valence-electron chi connectivity index (χ3n) is 5.78. The minimum Gasteiger partial charge on any atom is -0.761 e. The number of aromatic nitrogens is 1. The van der Waals surface area contributed by atoms with Gasteiger partial charge < -0.3 is 20.8 Å². The fraction of sp³-hybridized carbons (Fsp3) is 0.261. The van der Waals surface area contributed by atoms with Gasteiger partial charge in [-0.15, -0.1) is 0 Å². The number of pyridine rings is 1. The van der Waals surface area contributed by atoms with Crippen molar-refractivity contribution in [3.05, 3.63) is 65.6 Å². The number of nitrogens with one attached hydrogen (secondary N) is 1. The summed E-state index contributed by atoms with van der Waals surface area (Å²) < 4.78 is 6.07. The monoisotopic (exact) mass is 387 g/mol. The minimum atomic E-state index is 0.299. The maximum atomic E-state index is 11.7. The van der Waals surface area contributed by atoms with Gasteiger partial charge in [0, 0.05) is 47.0 Å². The molecular formula is C23H23N4O2-. The molecule has 1 saturated heterocycles. The van der Waals surface area contributed by atoms with E-state index in [0.29, 0.717) is 11.7 Å². The molecule has 4 aromatic rings. The average Bonchev–Trinajstić information content (AvgIpc) is 3.18. The Labute approximate surface area is 168 Å². The van der Waals surface area contributed by atoms with Gasteiger partial charge >= 0.3 is 0 Å². The van der Waals surface area contributed by atoms with Crippen LogP contribution in [0.1, 0.15) is 18.4 Å². The van der Waals surface area contributed by atoms with E-state index >= 15 is 0 Å². The van der Waals surface area contributed by atoms with Crippen molar-refractivity contribution in [3.8, 4) is 11.3 Å². The second kappa shape index (κ2) is 7.48. The van der Waals surface area contributed by atoms with Crippen LogP contribution in [-0.4, -0.2) is 29.0 Å². The largest absolute Gasteiger partial charge is 0.761 e. The first kappa shape index (κ1) is 18.1. The SMILES string of the molecule is NC1CCN(Cc2cc(N[O-])c3cncc(-c4cc5ccccc5o4)c3c2)CC1. The van der Waals surface area contributed by atoms with Gasteiger partial charge in [-0.3, -0.25) is 9.88 Å². The molecule has 0 aliphatic carbocycles. The number of furan rings is 1. The van der Waals surface area contributed by atoms with Crippen molar-refractivity contribution in [2.24, 2.45) is 5.73 Å². The molecule has 3 heterocycles. The summed E-state index contributed by atoms with van der Waals surface area (Å²) in [5, 5.41) is 14.5. The number of piperidine rings is 1. The van der Waals surface area contributed by atoms with Crippen LogP contribution in [0.25, 0.3) is 33.1 Å². The van der Waals surface area contributed by atoms with E-state index in [1.807, 2.05) is 36.4 Å². The molecule has 29 heavy (non-hydrogen) atoms. The predicted molar refractivity (Wildman–Crippen MR) is 116 cm³/mol. The molecule has 0 saturated carbocycles. The molecule has 3 N–H and O–H groups in total. The molecule has 1 aliphatic heterocycles. The summed E-state index contributed by atoms with van der Waals surface area (Å²) in [6.07, 6.45) is 5.55. The van der Waals surface area contributed by atoms with Crippen LogP contribution in [0.4, 0.5) is 5.69 Å². The normalized spacial score (nSPS) is 15.9. The van der Waals surface area contributed by atoms with E-state index in [0.717, 1.165) is 71.1 Å². The van der Waals surface area contributed by atoms with Crippen molar-refractivity contribution < 1.29 is 4.42 Å². The summed E-state index contributed by atoms with van der Waals surface area (Å²) in [6.45, 7) is 2.75. The summed E-state index contributed by atoms with van der Waals surface area (Å²) in [6, 6.07) is 14.3. The smallest absolute Gasteiger partial charge is 0.137 e. The molecule has 148 valence electrons. The Morgan fingerprint density at radius 3 is 2.72 bits per heavy atom. The summed E-state index contributed by atoms with van der Waals surface area (Å²) >= 11 is 0. The molecule has 0 atom stereocenters. The number of likely N-dealkylation sites (tertiary alicyclic amines) is 1. The predicted octanol–water partition coefficient (Wildman–Crippen LogP) is 4.48. The fourth-order valence-electron chi connectivity index (χ4n) is 4.19. The lowest BCUT2D eigenvalue weighted by molar-refractivity contribution is 0.206. The number of anilines is 1. The van der Waals surface area contributed by atoms with Crippen LogP contribution in [0.15, 0.2) is 59.3 Å². The number of hydrogen-bond donors (Lipinski definition) is 2. The number of nitrogens with zero attached hydrogens (tertiary/aromatic N) is 2. The maximum Gasteiger partial charge on any atom is 0.137 e. The highest BCUT2D eigenvalue weighted by Gasteiger charge is 2.18. The molecule has 1 fully saturated rings. The quantitative estimate of drug-likeness (QED) is 0.502. The standard InChI is InChI=1S/C23H23N4O2/c24-17-5-7-27(8-6-17)14-15-9-18-19(21(10-15)26-28)12-25-13-20(18)23-11-16-3-1-2-4-22(16)29-23/h1-4,9-13,17,26H,5-8,14,24H2/q-1. The van der Waals surface area contributed by atoms with Crippen LogP contribution < -0.4 is 11.2 Å². The second-order valence-corrected chi connectivity index (χ2v) is 7.79. The third kappa shape index (κ3) is 3.46. The zero-order valence-corrected chi connectivity index (χ0v) is 16.1. The van der Waals surface area contributed by atoms with Crippen LogP contribution in [0, 0.1) is 5.21 Å². The van der Waals surface area contributed by atoms with Gasteiger partial charge in [-0.25, -0.2) is 0 Å². The Morgan fingerprint density at radius 2 is 1.93 bits per heavy atom. The van der Waals surface area contributed by atoms with E-state index in [-0.39, 0.29) is 0 Å². The Kier molecular flexibility index (Phi) is 4.67. The van der Waals surface area contributed by atoms with Crippen molar-refractivity contribution in [1.29, 1.82) is 0 Å². The lowest BCUT2D eigenvalue weighted by Crippen LogP contribution is -2.39. The van der Waals surface area contributed by atoms with Gasteiger partial charge in [0.25, 0.3) is 0 Å². The van der Waals surface area contributed by atoms with E-state index in [9.17, 15) is 5.21 Å². The van der Waals surface area contributed by atoms with Gasteiger partial charge in [0.15, 0.2) is 0 Å². The highest BCUT2D eigenvalue weighted by atomic mass is 16.5. The van der Waals surface area contributed by atoms with Gasteiger partial charge in [-0.1, -0.05) is 18.2 Å². The molecule has 0 unspecified atom stereocenters. The van der Waals surface area contributed by atoms with Gasteiger partial charge in [0.2, 0.25) is 0 Å². The topological polar surface area (TPSA) is 90.4 Å². The first-order valence-corrected chi connectivity index (χ1v) is 9.97. The van der Waals surface area contributed by atoms with Crippen molar-refractivity contribution in [2.45, 2.75) is 25.4 Å². The molecule has 0 radical (unpaired) electrons. The Balaban J connectivity index is 1.59. The van der Waals surface area contributed by atoms with Crippen LogP contribution in [0.2, 0.25) is 0 Å². The molecule has 6 heteroatoms. The number of fused-ring (bicyclic) bond motifs is 2. The van der Waals surface area contributed by atoms with Gasteiger partial charge in [-0.05, 0) is 61.1 Å². The van der Waals surface area contributed by atoms with Crippen LogP contribution in [-0.2, 0) is 6.54 Å². The molecule has 0 amide bonds. The maximum absolute atomic E-state index is 11.7. The van der Waals surface area contributed by atoms with E-state index in [4.69, 9.17) is 10.2 Å². The first-order valence-electron chi connectivity index (χ1n) is 9.97. The van der Waals surface area contributed by atoms with Crippen LogP contribution >= 0.6 is 0 Å². The summed E-state index contributed by atoms with van der Waals surface area (Å²) in [5.41, 5.74) is 11.5. The molecule has 0 bridgehead atoms. The van der Waals surface area contributed by atoms with Crippen LogP contribution in [0.5, 0.6) is 0 Å². The van der Waals surface area contributed by atoms with Crippen molar-refractivity contribution in [3.63, 3.8) is 0 Å². The van der Waals surface area contributed by atoms with E-state index < -0.39 is 0 Å². The molecule has 6 nitrogen and oxygen atoms in total. The molecule has 5 rings (SSSR count). The van der Waals surface area contributed by atoms with Gasteiger partial charge in [0.05, 0.1) is 0 Å². The third-order valence-corrected chi connectivity index (χ3v) is 5.78. The molecule has 1 aliphatic rings. The van der Waals surface area contributed by atoms with E-state index in [2.05, 4.69) is 21.4 Å². The number of rotatable bonds is 4. The average molecular weight is 387 g/mol. The molecule has 2 aromatic heterocycles. The fourth-order valence-corrected chi connectivity index (χ4v) is 4.19. The Hall–Kier alpha value is -2.93. The summed E-state index contributed by atoms with van der Waals surface area (Å²) in [7, 11) is 0. The van der Waals surface area contributed by atoms with Crippen molar-refractivity contribution in [2.75, 3.05) is 18.6 Å². The second-order valence-electron chi connectivity index (χ2n) is 7.79. The lowest BCUT2D eigenvalue weighted by atomic mass is 10.00. The number of nitrogens with two attached hydrogens (primary N) is 1. The number of para-hydroxylation sites is 1. The zero-order valence-electron chi connectivity index (χ0n) is 16.1. The molecule has 0 spiro atoms. The first-order chi connectivity index (χ1) is 14.2. The highest BCUT2D eigenvalue weighted by molar-refractivity contribution is 6.03. The minimum absolute atomic E-state index is 0.299. The van der Waals surface area contributed by atoms with Crippen LogP contribution in [0.3, 0.4) is 0 Å². The molecule has 2 aromatic carbocycles. The molecular weight excluding hydrogens is 364 g/mol. The number of benzene rings is 2. The van der Waals surface area contributed by atoms with Gasteiger partial charge in [0.1, 0.15) is 11.3 Å². The van der Waals surface area contributed by atoms with E-state index in [1.165, 1.54) is 0 Å². The Bertz CT molecular complexity index is 1130. The summed E-state index contributed by atoms with van der Waals surface area (Å²) in [5.74, 6) is 0.752. The van der Waals surface area contributed by atoms with Crippen molar-refractivity contribution in [1.82, 2.24) is 9.88 Å². The van der Waals surface area contributed by atoms with Gasteiger partial charge in [-0.2, -0.15) is 0 Å². The zero-order chi connectivity index (χ0) is 19.8. The Morgan fingerprint density at radius 1 is 1.10 bits per heavy atom. The lowest BCUT2D eigenvalue weighted by Gasteiger charge is -2.30.